The van der Waals surface area contributed by atoms with Gasteiger partial charge in [0.1, 0.15) is 18.1 Å². The summed E-state index contributed by atoms with van der Waals surface area (Å²) < 4.78 is 10.8. The van der Waals surface area contributed by atoms with E-state index in [-0.39, 0.29) is 11.4 Å². The predicted octanol–water partition coefficient (Wildman–Crippen LogP) is 5.45. The number of halogens is 1. The van der Waals surface area contributed by atoms with E-state index in [1.165, 1.54) is 30.3 Å². The van der Waals surface area contributed by atoms with Gasteiger partial charge < -0.3 is 9.47 Å². The topological polar surface area (TPSA) is 78.7 Å². The quantitative estimate of drug-likeness (QED) is 0.170. The molecule has 0 bridgehead atoms. The lowest BCUT2D eigenvalue weighted by Crippen LogP contribution is -2.03. The number of ether oxygens (including phenoxy) is 2. The molecule has 3 rings (SSSR count). The molecule has 0 aromatic heterocycles. The number of carbonyl (C=O) groups is 1. The Morgan fingerprint density at radius 2 is 1.69 bits per heavy atom. The Hall–Kier alpha value is -3.64. The van der Waals surface area contributed by atoms with Gasteiger partial charge in [0, 0.05) is 23.2 Å². The first kappa shape index (κ1) is 20.1. The van der Waals surface area contributed by atoms with Crippen LogP contribution in [0.3, 0.4) is 0 Å². The van der Waals surface area contributed by atoms with Gasteiger partial charge in [0.15, 0.2) is 0 Å². The normalized spacial score (nSPS) is 10.7. The lowest BCUT2D eigenvalue weighted by molar-refractivity contribution is -0.384. The highest BCUT2D eigenvalue weighted by molar-refractivity contribution is 6.30. The van der Waals surface area contributed by atoms with E-state index in [2.05, 4.69) is 0 Å². The largest absolute Gasteiger partial charge is 0.489 e. The van der Waals surface area contributed by atoms with Crippen molar-refractivity contribution >= 4 is 29.3 Å². The molecule has 7 heteroatoms. The monoisotopic (exact) mass is 409 g/mol. The zero-order valence-electron chi connectivity index (χ0n) is 15.2. The van der Waals surface area contributed by atoms with Crippen molar-refractivity contribution in [2.24, 2.45) is 0 Å². The Morgan fingerprint density at radius 1 is 1.00 bits per heavy atom. The first-order valence-corrected chi connectivity index (χ1v) is 8.99. The van der Waals surface area contributed by atoms with Crippen LogP contribution in [0.15, 0.2) is 78.9 Å². The second-order valence-electron chi connectivity index (χ2n) is 5.99. The number of nitro groups is 1. The minimum Gasteiger partial charge on any atom is -0.489 e. The molecule has 6 nitrogen and oxygen atoms in total. The van der Waals surface area contributed by atoms with E-state index in [1.807, 2.05) is 30.3 Å². The molecule has 0 aliphatic rings. The molecule has 0 atom stereocenters. The Balaban J connectivity index is 1.52. The van der Waals surface area contributed by atoms with E-state index in [0.29, 0.717) is 17.4 Å². The third-order valence-electron chi connectivity index (χ3n) is 3.85. The molecule has 0 heterocycles. The first-order chi connectivity index (χ1) is 14.0. The molecule has 0 unspecified atom stereocenters. The number of hydrogen-bond donors (Lipinski definition) is 0. The molecule has 29 heavy (non-hydrogen) atoms. The summed E-state index contributed by atoms with van der Waals surface area (Å²) in [5, 5.41) is 11.3. The average molecular weight is 410 g/mol. The molecule has 0 aliphatic carbocycles. The Morgan fingerprint density at radius 3 is 2.34 bits per heavy atom. The van der Waals surface area contributed by atoms with E-state index in [4.69, 9.17) is 21.1 Å². The van der Waals surface area contributed by atoms with Gasteiger partial charge in [-0.15, -0.1) is 0 Å². The van der Waals surface area contributed by atoms with Crippen LogP contribution in [-0.4, -0.2) is 10.9 Å². The fourth-order valence-corrected chi connectivity index (χ4v) is 2.63. The van der Waals surface area contributed by atoms with Crippen LogP contribution < -0.4 is 9.47 Å². The summed E-state index contributed by atoms with van der Waals surface area (Å²) in [6.45, 7) is 0.400. The van der Waals surface area contributed by atoms with Crippen molar-refractivity contribution in [3.05, 3.63) is 105 Å². The standard InChI is InChI=1S/C22H16ClNO5/c23-18-3-1-2-17(14-18)15-28-20-9-4-16(5-10-20)6-13-22(25)29-21-11-7-19(8-12-21)24(26)27/h1-14H,15H2/b13-6+. The summed E-state index contributed by atoms with van der Waals surface area (Å²) in [7, 11) is 0. The van der Waals surface area contributed by atoms with Crippen molar-refractivity contribution < 1.29 is 19.2 Å². The smallest absolute Gasteiger partial charge is 0.336 e. The third-order valence-corrected chi connectivity index (χ3v) is 4.09. The van der Waals surface area contributed by atoms with Gasteiger partial charge in [-0.3, -0.25) is 10.1 Å². The summed E-state index contributed by atoms with van der Waals surface area (Å²) in [5.41, 5.74) is 1.69. The first-order valence-electron chi connectivity index (χ1n) is 8.61. The van der Waals surface area contributed by atoms with Gasteiger partial charge in [0.25, 0.3) is 5.69 Å². The number of carbonyl (C=O) groups excluding carboxylic acids is 1. The third kappa shape index (κ3) is 6.19. The van der Waals surface area contributed by atoms with Crippen LogP contribution in [0, 0.1) is 10.1 Å². The molecular weight excluding hydrogens is 394 g/mol. The summed E-state index contributed by atoms with van der Waals surface area (Å²) in [5.74, 6) is 0.339. The zero-order valence-corrected chi connectivity index (χ0v) is 15.9. The van der Waals surface area contributed by atoms with Crippen LogP contribution in [0.5, 0.6) is 11.5 Å². The Bertz CT molecular complexity index is 1030. The number of esters is 1. The number of benzene rings is 3. The molecule has 3 aromatic rings. The summed E-state index contributed by atoms with van der Waals surface area (Å²) >= 11 is 5.95. The van der Waals surface area contributed by atoms with E-state index in [1.54, 1.807) is 24.3 Å². The maximum absolute atomic E-state index is 11.9. The van der Waals surface area contributed by atoms with Crippen molar-refractivity contribution in [2.45, 2.75) is 6.61 Å². The zero-order chi connectivity index (χ0) is 20.6. The van der Waals surface area contributed by atoms with E-state index < -0.39 is 10.9 Å². The van der Waals surface area contributed by atoms with Gasteiger partial charge >= 0.3 is 5.97 Å². The molecule has 0 spiro atoms. The van der Waals surface area contributed by atoms with Gasteiger partial charge in [-0.2, -0.15) is 0 Å². The van der Waals surface area contributed by atoms with Crippen LogP contribution in [0.4, 0.5) is 5.69 Å². The number of hydrogen-bond acceptors (Lipinski definition) is 5. The fraction of sp³-hybridized carbons (Fsp3) is 0.0455. The van der Waals surface area contributed by atoms with Crippen LogP contribution in [0.2, 0.25) is 5.02 Å². The molecule has 146 valence electrons. The molecule has 0 amide bonds. The van der Waals surface area contributed by atoms with Crippen molar-refractivity contribution in [2.75, 3.05) is 0 Å². The van der Waals surface area contributed by atoms with E-state index in [9.17, 15) is 14.9 Å². The molecular formula is C22H16ClNO5. The van der Waals surface area contributed by atoms with Crippen LogP contribution in [0.1, 0.15) is 11.1 Å². The lowest BCUT2D eigenvalue weighted by Gasteiger charge is -2.07. The molecule has 0 saturated heterocycles. The fourth-order valence-electron chi connectivity index (χ4n) is 2.42. The highest BCUT2D eigenvalue weighted by atomic mass is 35.5. The highest BCUT2D eigenvalue weighted by Gasteiger charge is 2.06. The summed E-state index contributed by atoms with van der Waals surface area (Å²) in [6, 6.07) is 19.9. The summed E-state index contributed by atoms with van der Waals surface area (Å²) in [4.78, 5) is 22.0. The molecule has 0 saturated carbocycles. The minimum atomic E-state index is -0.583. The van der Waals surface area contributed by atoms with Crippen LogP contribution >= 0.6 is 11.6 Å². The molecule has 0 radical (unpaired) electrons. The number of nitro benzene ring substituents is 1. The Labute approximate surface area is 172 Å². The molecule has 0 fully saturated rings. The SMILES string of the molecule is O=C(/C=C/c1ccc(OCc2cccc(Cl)c2)cc1)Oc1ccc([N+](=O)[O-])cc1. The van der Waals surface area contributed by atoms with Gasteiger partial charge in [0.05, 0.1) is 4.92 Å². The van der Waals surface area contributed by atoms with Gasteiger partial charge in [-0.05, 0) is 53.6 Å². The van der Waals surface area contributed by atoms with Crippen molar-refractivity contribution in [1.82, 2.24) is 0 Å². The molecule has 3 aromatic carbocycles. The van der Waals surface area contributed by atoms with Gasteiger partial charge in [-0.1, -0.05) is 35.9 Å². The van der Waals surface area contributed by atoms with Gasteiger partial charge in [0.2, 0.25) is 0 Å². The Kier molecular flexibility index (Phi) is 6.60. The average Bonchev–Trinajstić information content (AvgIpc) is 2.72. The number of non-ortho nitro benzene ring substituents is 1. The summed E-state index contributed by atoms with van der Waals surface area (Å²) in [6.07, 6.45) is 2.89. The molecule has 0 aliphatic heterocycles. The molecule has 0 N–H and O–H groups in total. The van der Waals surface area contributed by atoms with Crippen LogP contribution in [0.25, 0.3) is 6.08 Å². The second-order valence-corrected chi connectivity index (χ2v) is 6.43. The maximum atomic E-state index is 11.9. The van der Waals surface area contributed by atoms with Crippen molar-refractivity contribution in [3.63, 3.8) is 0 Å². The van der Waals surface area contributed by atoms with E-state index in [0.717, 1.165) is 11.1 Å². The number of nitrogens with zero attached hydrogens (tertiary/aromatic N) is 1. The van der Waals surface area contributed by atoms with Crippen molar-refractivity contribution in [3.8, 4) is 11.5 Å². The van der Waals surface area contributed by atoms with E-state index >= 15 is 0 Å². The van der Waals surface area contributed by atoms with Crippen molar-refractivity contribution in [1.29, 1.82) is 0 Å². The lowest BCUT2D eigenvalue weighted by atomic mass is 10.2. The second kappa shape index (κ2) is 9.52. The highest BCUT2D eigenvalue weighted by Crippen LogP contribution is 2.19. The number of rotatable bonds is 7. The predicted molar refractivity (Wildman–Crippen MR) is 110 cm³/mol. The minimum absolute atomic E-state index is 0.0713. The van der Waals surface area contributed by atoms with Gasteiger partial charge in [-0.25, -0.2) is 4.79 Å². The maximum Gasteiger partial charge on any atom is 0.336 e. The van der Waals surface area contributed by atoms with Crippen LogP contribution in [-0.2, 0) is 11.4 Å².